The van der Waals surface area contributed by atoms with Gasteiger partial charge >= 0.3 is 17.0 Å². The molecule has 1 aromatic heterocycles. The van der Waals surface area contributed by atoms with Crippen molar-refractivity contribution >= 4 is 52.5 Å². The maximum absolute atomic E-state index is 13.3. The molecule has 3 fully saturated rings. The number of aromatic amines is 1. The number of halogens is 3. The van der Waals surface area contributed by atoms with Gasteiger partial charge in [0.05, 0.1) is 22.4 Å². The number of benzene rings is 2. The van der Waals surface area contributed by atoms with Gasteiger partial charge in [-0.2, -0.15) is 13.2 Å². The summed E-state index contributed by atoms with van der Waals surface area (Å²) in [6.07, 6.45) is -3.88. The molecular formula is C30H24F3N3O7S2. The molecule has 3 heterocycles. The molecule has 7 rings (SSSR count). The fourth-order valence-corrected chi connectivity index (χ4v) is 10.5. The number of imide groups is 1. The number of ether oxygens (including phenoxy) is 1. The molecule has 10 nitrogen and oxygen atoms in total. The fraction of sp³-hybridized carbons (Fsp3) is 0.367. The lowest BCUT2D eigenvalue weighted by Gasteiger charge is -2.43. The average Bonchev–Trinajstić information content (AvgIpc) is 3.72. The summed E-state index contributed by atoms with van der Waals surface area (Å²) >= 11 is 2.62. The maximum Gasteiger partial charge on any atom is 0.416 e. The van der Waals surface area contributed by atoms with E-state index in [1.54, 1.807) is 12.1 Å². The number of carboxylic acids is 1. The Morgan fingerprint density at radius 2 is 1.76 bits per heavy atom. The molecule has 0 radical (unpaired) electrons. The first-order chi connectivity index (χ1) is 21.4. The summed E-state index contributed by atoms with van der Waals surface area (Å²) in [5, 5.41) is 12.3. The van der Waals surface area contributed by atoms with E-state index in [0.717, 1.165) is 43.8 Å². The number of anilines is 1. The number of alkyl halides is 3. The minimum Gasteiger partial charge on any atom is -0.484 e. The number of nitrogens with zero attached hydrogens (tertiary/aromatic N) is 1. The van der Waals surface area contributed by atoms with E-state index in [-0.39, 0.29) is 39.5 Å². The van der Waals surface area contributed by atoms with Crippen molar-refractivity contribution in [1.82, 2.24) is 9.88 Å². The molecule has 2 saturated carbocycles. The van der Waals surface area contributed by atoms with Crippen LogP contribution < -0.4 is 14.9 Å². The normalized spacial score (nSPS) is 28.1. The van der Waals surface area contributed by atoms with E-state index in [0.29, 0.717) is 12.2 Å². The summed E-state index contributed by atoms with van der Waals surface area (Å²) < 4.78 is 44.5. The van der Waals surface area contributed by atoms with Crippen LogP contribution in [0, 0.1) is 29.6 Å². The molecule has 2 aliphatic heterocycles. The second-order valence-corrected chi connectivity index (χ2v) is 13.8. The van der Waals surface area contributed by atoms with Crippen LogP contribution in [0.3, 0.4) is 0 Å². The molecule has 0 spiro atoms. The summed E-state index contributed by atoms with van der Waals surface area (Å²) in [7, 11) is 0. The van der Waals surface area contributed by atoms with E-state index in [2.05, 4.69) is 10.3 Å². The third-order valence-corrected chi connectivity index (χ3v) is 11.8. The lowest BCUT2D eigenvalue weighted by molar-refractivity contribution is -0.149. The number of amides is 3. The number of thioether (sulfide) groups is 1. The SMILES string of the molecule is O=C(O)CN1C(=O)C2C3CC(C2C1=O)C1C3Sc2[nH]c(=O)sc2[C@@H]1c1ccc(OCC(=O)Nc2cccc(C(F)(F)F)c2)cc1. The number of aromatic nitrogens is 1. The third-order valence-electron chi connectivity index (χ3n) is 9.19. The monoisotopic (exact) mass is 659 g/mol. The minimum absolute atomic E-state index is 0.0126. The van der Waals surface area contributed by atoms with Gasteiger partial charge in [-0.05, 0) is 60.1 Å². The molecule has 45 heavy (non-hydrogen) atoms. The van der Waals surface area contributed by atoms with E-state index in [1.807, 2.05) is 12.1 Å². The largest absolute Gasteiger partial charge is 0.484 e. The van der Waals surface area contributed by atoms with Gasteiger partial charge in [-0.25, -0.2) is 0 Å². The van der Waals surface area contributed by atoms with Crippen molar-refractivity contribution in [3.8, 4) is 5.75 Å². The van der Waals surface area contributed by atoms with Gasteiger partial charge in [0.25, 0.3) is 5.91 Å². The van der Waals surface area contributed by atoms with Crippen molar-refractivity contribution in [3.05, 3.63) is 74.2 Å². The van der Waals surface area contributed by atoms with Crippen LogP contribution in [-0.2, 0) is 25.4 Å². The highest BCUT2D eigenvalue weighted by molar-refractivity contribution is 8.00. The van der Waals surface area contributed by atoms with Crippen LogP contribution in [0.1, 0.15) is 28.3 Å². The highest BCUT2D eigenvalue weighted by Crippen LogP contribution is 2.68. The number of carbonyl (C=O) groups is 4. The van der Waals surface area contributed by atoms with E-state index in [9.17, 15) is 42.3 Å². The van der Waals surface area contributed by atoms with Gasteiger partial charge in [-0.1, -0.05) is 29.5 Å². The summed E-state index contributed by atoms with van der Waals surface area (Å²) in [4.78, 5) is 67.1. The van der Waals surface area contributed by atoms with E-state index in [4.69, 9.17) is 4.74 Å². The van der Waals surface area contributed by atoms with Crippen LogP contribution in [0.4, 0.5) is 18.9 Å². The van der Waals surface area contributed by atoms with Crippen LogP contribution >= 0.6 is 23.1 Å². The first-order valence-electron chi connectivity index (χ1n) is 14.1. The number of rotatable bonds is 7. The number of H-pyrrole nitrogens is 1. The van der Waals surface area contributed by atoms with Gasteiger partial charge in [0.2, 0.25) is 11.8 Å². The van der Waals surface area contributed by atoms with Gasteiger partial charge in [-0.3, -0.25) is 28.9 Å². The van der Waals surface area contributed by atoms with Crippen LogP contribution in [0.5, 0.6) is 5.75 Å². The van der Waals surface area contributed by atoms with E-state index >= 15 is 0 Å². The van der Waals surface area contributed by atoms with Gasteiger partial charge in [0, 0.05) is 21.7 Å². The van der Waals surface area contributed by atoms with Crippen molar-refractivity contribution < 1.29 is 42.2 Å². The number of hydrogen-bond donors (Lipinski definition) is 3. The molecule has 2 aliphatic carbocycles. The number of nitrogens with one attached hydrogen (secondary N) is 2. The summed E-state index contributed by atoms with van der Waals surface area (Å²) in [6, 6.07) is 11.2. The first-order valence-corrected chi connectivity index (χ1v) is 15.8. The van der Waals surface area contributed by atoms with Crippen molar-refractivity contribution in [2.45, 2.75) is 28.8 Å². The van der Waals surface area contributed by atoms with Crippen molar-refractivity contribution in [2.24, 2.45) is 29.6 Å². The first kappa shape index (κ1) is 29.6. The quantitative estimate of drug-likeness (QED) is 0.323. The number of carbonyl (C=O) groups excluding carboxylic acids is 3. The lowest BCUT2D eigenvalue weighted by atomic mass is 9.68. The Morgan fingerprint density at radius 3 is 2.44 bits per heavy atom. The standard InChI is InChI=1S/C30H24F3N3O7S2/c31-30(32,33)13-2-1-3-14(8-13)34-18(37)11-43-15-6-4-12(5-7-15)20-21-16-9-17(24(21)44-26-25(20)45-29(42)35-26)23-22(16)27(40)36(28(23)41)10-19(38)39/h1-8,16-17,20-24H,9-11H2,(H,34,37)(H,35,42)(H,38,39)/t16?,17?,20-,21?,22?,23?,24?/m1/s1. The Labute approximate surface area is 261 Å². The van der Waals surface area contributed by atoms with E-state index < -0.39 is 60.4 Å². The molecule has 3 amide bonds. The smallest absolute Gasteiger partial charge is 0.416 e. The zero-order valence-corrected chi connectivity index (χ0v) is 24.7. The van der Waals surface area contributed by atoms with E-state index in [1.165, 1.54) is 23.9 Å². The summed E-state index contributed by atoms with van der Waals surface area (Å²) in [6.45, 7) is -1.10. The molecule has 1 saturated heterocycles. The molecular weight excluding hydrogens is 635 g/mol. The van der Waals surface area contributed by atoms with Gasteiger partial charge < -0.3 is 20.1 Å². The topological polar surface area (TPSA) is 146 Å². The second-order valence-electron chi connectivity index (χ2n) is 11.6. The van der Waals surface area contributed by atoms with Crippen molar-refractivity contribution in [3.63, 3.8) is 0 Å². The molecule has 3 aromatic rings. The van der Waals surface area contributed by atoms with Crippen LogP contribution in [0.15, 0.2) is 58.4 Å². The molecule has 2 bridgehead atoms. The summed E-state index contributed by atoms with van der Waals surface area (Å²) in [5.41, 5.74) is -0.0458. The Bertz CT molecular complexity index is 1790. The highest BCUT2D eigenvalue weighted by Gasteiger charge is 2.69. The molecule has 4 aliphatic rings. The third kappa shape index (κ3) is 5.01. The molecule has 234 valence electrons. The van der Waals surface area contributed by atoms with Crippen LogP contribution in [0.2, 0.25) is 0 Å². The Hall–Kier alpha value is -4.11. The minimum atomic E-state index is -4.54. The summed E-state index contributed by atoms with van der Waals surface area (Å²) in [5.74, 6) is -4.23. The second kappa shape index (κ2) is 10.8. The molecule has 7 atom stereocenters. The zero-order valence-electron chi connectivity index (χ0n) is 23.1. The molecule has 6 unspecified atom stereocenters. The lowest BCUT2D eigenvalue weighted by Crippen LogP contribution is -2.42. The van der Waals surface area contributed by atoms with Gasteiger partial charge in [0.15, 0.2) is 6.61 Å². The number of likely N-dealkylation sites (tertiary alicyclic amines) is 1. The number of hydrogen-bond acceptors (Lipinski definition) is 8. The number of thiazole rings is 1. The number of fused-ring (bicyclic) bond motifs is 9. The Morgan fingerprint density at radius 1 is 1.04 bits per heavy atom. The molecule has 15 heteroatoms. The van der Waals surface area contributed by atoms with Crippen LogP contribution in [0.25, 0.3) is 0 Å². The fourth-order valence-electron chi connectivity index (χ4n) is 7.63. The molecule has 2 aromatic carbocycles. The predicted molar refractivity (Wildman–Crippen MR) is 155 cm³/mol. The van der Waals surface area contributed by atoms with Crippen LogP contribution in [-0.4, -0.2) is 57.1 Å². The average molecular weight is 660 g/mol. The molecule has 3 N–H and O–H groups in total. The van der Waals surface area contributed by atoms with Gasteiger partial charge in [0.1, 0.15) is 12.3 Å². The predicted octanol–water partition coefficient (Wildman–Crippen LogP) is 4.03. The van der Waals surface area contributed by atoms with Crippen molar-refractivity contribution in [1.29, 1.82) is 0 Å². The Balaban J connectivity index is 1.10. The maximum atomic E-state index is 13.3. The number of carboxylic acid groups (broad SMARTS) is 1. The highest BCUT2D eigenvalue weighted by atomic mass is 32.2. The Kier molecular flexibility index (Phi) is 7.07. The zero-order chi connectivity index (χ0) is 31.8. The number of aliphatic carboxylic acids is 1. The van der Waals surface area contributed by atoms with Gasteiger partial charge in [-0.15, -0.1) is 11.8 Å². The van der Waals surface area contributed by atoms with Crippen molar-refractivity contribution in [2.75, 3.05) is 18.5 Å².